The predicted molar refractivity (Wildman–Crippen MR) is 154 cm³/mol. The Morgan fingerprint density at radius 3 is 2.43 bits per heavy atom. The van der Waals surface area contributed by atoms with Crippen LogP contribution in [0, 0.1) is 0 Å². The summed E-state index contributed by atoms with van der Waals surface area (Å²) in [6.45, 7) is -1.46. The summed E-state index contributed by atoms with van der Waals surface area (Å²) in [7, 11) is 0. The first-order valence-corrected chi connectivity index (χ1v) is 13.4. The Kier molecular flexibility index (Phi) is 10.3. The van der Waals surface area contributed by atoms with E-state index in [0.717, 1.165) is 0 Å². The molecule has 12 nitrogen and oxygen atoms in total. The highest BCUT2D eigenvalue weighted by molar-refractivity contribution is 6.01. The molecule has 0 bridgehead atoms. The van der Waals surface area contributed by atoms with Gasteiger partial charge in [-0.25, -0.2) is 4.99 Å². The number of alkyl halides is 3. The van der Waals surface area contributed by atoms with Crippen LogP contribution in [0.1, 0.15) is 34.8 Å². The molecule has 2 N–H and O–H groups in total. The molecule has 0 fully saturated rings. The number of rotatable bonds is 13. The lowest BCUT2D eigenvalue weighted by Gasteiger charge is -2.32. The zero-order valence-corrected chi connectivity index (χ0v) is 23.2. The minimum Gasteiger partial charge on any atom is -0.494 e. The van der Waals surface area contributed by atoms with Crippen molar-refractivity contribution in [3.8, 4) is 5.75 Å². The van der Waals surface area contributed by atoms with Crippen molar-refractivity contribution in [3.63, 3.8) is 0 Å². The number of aliphatic hydroxyl groups excluding tert-OH is 1. The first-order chi connectivity index (χ1) is 21.2. The van der Waals surface area contributed by atoms with Crippen molar-refractivity contribution in [2.45, 2.75) is 37.2 Å². The highest BCUT2D eigenvalue weighted by atomic mass is 19.4. The molecule has 4 rings (SSSR count). The Hall–Kier alpha value is -5.23. The highest BCUT2D eigenvalue weighted by Crippen LogP contribution is 2.45. The lowest BCUT2D eigenvalue weighted by Crippen LogP contribution is -2.52. The molecule has 0 aromatic heterocycles. The first kappa shape index (κ1) is 31.7. The second kappa shape index (κ2) is 14.3. The van der Waals surface area contributed by atoms with Gasteiger partial charge in [0.15, 0.2) is 11.6 Å². The average molecular weight is 609 g/mol. The number of nitrogens with zero attached hydrogens (tertiary/aromatic N) is 7. The lowest BCUT2D eigenvalue weighted by molar-refractivity contribution is -0.143. The fourth-order valence-corrected chi connectivity index (χ4v) is 4.72. The van der Waals surface area contributed by atoms with Crippen molar-refractivity contribution in [1.82, 2.24) is 5.32 Å². The largest absolute Gasteiger partial charge is 0.494 e. The first-order valence-electron chi connectivity index (χ1n) is 13.4. The maximum atomic E-state index is 14.0. The van der Waals surface area contributed by atoms with Crippen LogP contribution in [0.5, 0.6) is 5.75 Å². The molecule has 0 spiro atoms. The van der Waals surface area contributed by atoms with Gasteiger partial charge in [-0.2, -0.15) is 13.2 Å². The summed E-state index contributed by atoms with van der Waals surface area (Å²) >= 11 is 0. The Labute approximate surface area is 249 Å². The number of aliphatic hydroxyl groups is 1. The number of amides is 1. The smallest absolute Gasteiger partial charge is 0.405 e. The Bertz CT molecular complexity index is 1600. The number of aliphatic imine (C=N–C) groups is 1. The molecule has 0 unspecified atom stereocenters. The van der Waals surface area contributed by atoms with Crippen molar-refractivity contribution in [3.05, 3.63) is 116 Å². The van der Waals surface area contributed by atoms with E-state index in [0.29, 0.717) is 28.9 Å². The number of benzene rings is 3. The molecule has 15 heteroatoms. The second-order valence-corrected chi connectivity index (χ2v) is 9.67. The minimum absolute atomic E-state index is 0.0358. The average Bonchev–Trinajstić information content (AvgIpc) is 3.40. The van der Waals surface area contributed by atoms with Crippen LogP contribution in [0.15, 0.2) is 88.0 Å². The van der Waals surface area contributed by atoms with Crippen LogP contribution >= 0.6 is 0 Å². The number of nitrogens with one attached hydrogen (secondary N) is 1. The number of hydrogen-bond acceptors (Lipinski definition) is 7. The van der Waals surface area contributed by atoms with Gasteiger partial charge >= 0.3 is 6.18 Å². The third-order valence-electron chi connectivity index (χ3n) is 6.73. The van der Waals surface area contributed by atoms with E-state index in [-0.39, 0.29) is 43.3 Å². The van der Waals surface area contributed by atoms with E-state index < -0.39 is 30.3 Å². The van der Waals surface area contributed by atoms with Crippen LogP contribution in [0.4, 0.5) is 18.9 Å². The standard InChI is InChI=1S/C29H27F3N8O4/c30-29(31,32)18-35-27(42)28(16-20-6-1-2-7-21(20)17-36-39-33)25(23-8-3-4-9-24(23)38-40-34)44-26(37-28)19-10-12-22(13-11-19)43-15-5-14-41/h1-4,6-13,25,41H,5,14-18H2,(H,35,42)/t25-,28-/m1/s1. The topological polar surface area (TPSA) is 178 Å². The summed E-state index contributed by atoms with van der Waals surface area (Å²) in [6.07, 6.45) is -5.87. The van der Waals surface area contributed by atoms with Crippen molar-refractivity contribution >= 4 is 17.5 Å². The van der Waals surface area contributed by atoms with Crippen LogP contribution in [0.25, 0.3) is 20.9 Å². The van der Waals surface area contributed by atoms with E-state index in [9.17, 15) is 23.5 Å². The molecule has 44 heavy (non-hydrogen) atoms. The molecule has 228 valence electrons. The minimum atomic E-state index is -4.72. The normalized spacial score (nSPS) is 17.5. The summed E-state index contributed by atoms with van der Waals surface area (Å²) in [5.74, 6) is -0.623. The van der Waals surface area contributed by atoms with Crippen molar-refractivity contribution in [2.24, 2.45) is 15.2 Å². The lowest BCUT2D eigenvalue weighted by atomic mass is 9.80. The van der Waals surface area contributed by atoms with Gasteiger partial charge in [0.1, 0.15) is 12.3 Å². The van der Waals surface area contributed by atoms with Crippen molar-refractivity contribution in [1.29, 1.82) is 0 Å². The molecular weight excluding hydrogens is 581 g/mol. The van der Waals surface area contributed by atoms with Crippen molar-refractivity contribution < 1.29 is 32.5 Å². The third-order valence-corrected chi connectivity index (χ3v) is 6.73. The van der Waals surface area contributed by atoms with Gasteiger partial charge in [0.05, 0.1) is 13.2 Å². The maximum Gasteiger partial charge on any atom is 0.405 e. The summed E-state index contributed by atoms with van der Waals surface area (Å²) in [5, 5.41) is 18.3. The van der Waals surface area contributed by atoms with E-state index in [1.807, 2.05) is 5.32 Å². The molecule has 3 aromatic rings. The molecule has 0 saturated heterocycles. The molecule has 0 radical (unpaired) electrons. The Morgan fingerprint density at radius 2 is 1.75 bits per heavy atom. The van der Waals surface area contributed by atoms with Crippen LogP contribution in [-0.4, -0.2) is 48.4 Å². The van der Waals surface area contributed by atoms with E-state index in [1.165, 1.54) is 6.07 Å². The van der Waals surface area contributed by atoms with E-state index >= 15 is 0 Å². The molecule has 0 aliphatic carbocycles. The Morgan fingerprint density at radius 1 is 1.05 bits per heavy atom. The van der Waals surface area contributed by atoms with Gasteiger partial charge in [-0.3, -0.25) is 4.79 Å². The van der Waals surface area contributed by atoms with Gasteiger partial charge in [0.25, 0.3) is 5.91 Å². The number of azide groups is 2. The highest BCUT2D eigenvalue weighted by Gasteiger charge is 2.54. The van der Waals surface area contributed by atoms with E-state index in [4.69, 9.17) is 20.1 Å². The van der Waals surface area contributed by atoms with Gasteiger partial charge in [-0.15, -0.1) is 0 Å². The SMILES string of the molecule is [N-]=[N+]=NCc1ccccc1C[C@@]1(C(=O)NCC(F)(F)F)N=C(c2ccc(OCCCO)cc2)O[C@@H]1c1ccccc1N=[N+]=[N-]. The number of halogens is 3. The van der Waals surface area contributed by atoms with Crippen LogP contribution < -0.4 is 10.1 Å². The van der Waals surface area contributed by atoms with E-state index in [1.54, 1.807) is 66.7 Å². The van der Waals surface area contributed by atoms with Crippen LogP contribution in [0.3, 0.4) is 0 Å². The summed E-state index contributed by atoms with van der Waals surface area (Å²) in [6, 6.07) is 19.4. The molecule has 1 aliphatic heterocycles. The quantitative estimate of drug-likeness (QED) is 0.0991. The van der Waals surface area contributed by atoms with Gasteiger partial charge in [0.2, 0.25) is 5.90 Å². The fraction of sp³-hybridized carbons (Fsp3) is 0.310. The zero-order chi connectivity index (χ0) is 31.6. The van der Waals surface area contributed by atoms with E-state index in [2.05, 4.69) is 25.0 Å². The molecule has 2 atom stereocenters. The van der Waals surface area contributed by atoms with Gasteiger partial charge < -0.3 is 19.9 Å². The van der Waals surface area contributed by atoms with Gasteiger partial charge in [0, 0.05) is 46.1 Å². The molecule has 0 saturated carbocycles. The summed E-state index contributed by atoms with van der Waals surface area (Å²) in [4.78, 5) is 24.3. The van der Waals surface area contributed by atoms with Gasteiger partial charge in [-0.05, 0) is 46.5 Å². The molecule has 1 aliphatic rings. The fourth-order valence-electron chi connectivity index (χ4n) is 4.72. The predicted octanol–water partition coefficient (Wildman–Crippen LogP) is 6.38. The van der Waals surface area contributed by atoms with Crippen LogP contribution in [-0.2, 0) is 22.5 Å². The Balaban J connectivity index is 1.88. The number of ether oxygens (including phenoxy) is 2. The number of carbonyl (C=O) groups is 1. The zero-order valence-electron chi connectivity index (χ0n) is 23.2. The van der Waals surface area contributed by atoms with Crippen molar-refractivity contribution in [2.75, 3.05) is 19.8 Å². The van der Waals surface area contributed by atoms with Gasteiger partial charge in [-0.1, -0.05) is 58.8 Å². The number of hydrogen-bond donors (Lipinski definition) is 2. The third kappa shape index (κ3) is 7.58. The molecule has 1 amide bonds. The maximum absolute atomic E-state index is 14.0. The summed E-state index contributed by atoms with van der Waals surface area (Å²) < 4.78 is 51.8. The number of carbonyl (C=O) groups excluding carboxylic acids is 1. The van der Waals surface area contributed by atoms with Crippen LogP contribution in [0.2, 0.25) is 0 Å². The molecule has 1 heterocycles. The monoisotopic (exact) mass is 608 g/mol. The molecule has 3 aromatic carbocycles. The summed E-state index contributed by atoms with van der Waals surface area (Å²) in [5.41, 5.74) is 17.8. The molecular formula is C29H27F3N8O4. The second-order valence-electron chi connectivity index (χ2n) is 9.67.